The van der Waals surface area contributed by atoms with Crippen molar-refractivity contribution in [2.75, 3.05) is 22.4 Å². The molecule has 11 nitrogen and oxygen atoms in total. The molecule has 13 heteroatoms. The third-order valence-corrected chi connectivity index (χ3v) is 6.61. The first kappa shape index (κ1) is 25.6. The topological polar surface area (TPSA) is 165 Å². The van der Waals surface area contributed by atoms with E-state index < -0.39 is 15.9 Å². The third kappa shape index (κ3) is 6.19. The van der Waals surface area contributed by atoms with Crippen LogP contribution in [0.15, 0.2) is 61.1 Å². The van der Waals surface area contributed by atoms with Crippen LogP contribution in [0.25, 0.3) is 11.3 Å². The highest BCUT2D eigenvalue weighted by Crippen LogP contribution is 2.34. The fourth-order valence-electron chi connectivity index (χ4n) is 3.46. The Hall–Kier alpha value is -4.52. The van der Waals surface area contributed by atoms with Crippen molar-refractivity contribution in [3.8, 4) is 17.0 Å². The minimum atomic E-state index is -3.62. The maximum Gasteiger partial charge on any atom is 0.254 e. The molecule has 0 saturated heterocycles. The van der Waals surface area contributed by atoms with Crippen molar-refractivity contribution in [3.05, 3.63) is 78.0 Å². The lowest BCUT2D eigenvalue weighted by atomic mass is 10.1. The van der Waals surface area contributed by atoms with Crippen LogP contribution in [0.2, 0.25) is 0 Å². The summed E-state index contributed by atoms with van der Waals surface area (Å²) in [6.45, 7) is 1.57. The molecule has 0 atom stereocenters. The Morgan fingerprint density at radius 2 is 2.00 bits per heavy atom. The van der Waals surface area contributed by atoms with Crippen molar-refractivity contribution in [2.24, 2.45) is 5.73 Å². The molecule has 2 aromatic heterocycles. The van der Waals surface area contributed by atoms with Gasteiger partial charge in [-0.25, -0.2) is 17.8 Å². The number of rotatable bonds is 11. The second kappa shape index (κ2) is 11.0. The van der Waals surface area contributed by atoms with Gasteiger partial charge in [-0.1, -0.05) is 24.3 Å². The summed E-state index contributed by atoms with van der Waals surface area (Å²) < 4.78 is 46.8. The van der Waals surface area contributed by atoms with E-state index in [0.29, 0.717) is 16.9 Å². The fourth-order valence-corrected chi connectivity index (χ4v) is 4.11. The van der Waals surface area contributed by atoms with E-state index in [1.54, 1.807) is 24.3 Å². The van der Waals surface area contributed by atoms with Gasteiger partial charge in [0.15, 0.2) is 0 Å². The summed E-state index contributed by atoms with van der Waals surface area (Å²) in [6.07, 6.45) is 4.69. The van der Waals surface area contributed by atoms with Gasteiger partial charge in [0.05, 0.1) is 24.2 Å². The SMILES string of the molecule is CCS(=O)(=O)Nc1ccc(-c2n[nH]c(Nc3cnccn3)c2C(N)=O)cc1OCCc1ccccc1F. The number of hydrogen-bond donors (Lipinski definition) is 4. The molecule has 2 aromatic carbocycles. The Morgan fingerprint density at radius 1 is 1.19 bits per heavy atom. The highest BCUT2D eigenvalue weighted by Gasteiger charge is 2.22. The molecule has 0 saturated carbocycles. The van der Waals surface area contributed by atoms with Gasteiger partial charge in [0.1, 0.15) is 34.5 Å². The van der Waals surface area contributed by atoms with E-state index in [1.165, 1.54) is 43.7 Å². The smallest absolute Gasteiger partial charge is 0.254 e. The van der Waals surface area contributed by atoms with Crippen LogP contribution in [0, 0.1) is 5.82 Å². The molecule has 4 aromatic rings. The monoisotopic (exact) mass is 525 g/mol. The van der Waals surface area contributed by atoms with Crippen molar-refractivity contribution in [3.63, 3.8) is 0 Å². The molecular weight excluding hydrogens is 501 g/mol. The number of amides is 1. The number of nitrogens with zero attached hydrogens (tertiary/aromatic N) is 3. The highest BCUT2D eigenvalue weighted by atomic mass is 32.2. The Kier molecular flexibility index (Phi) is 7.63. The predicted octanol–water partition coefficient (Wildman–Crippen LogP) is 3.23. The quantitative estimate of drug-likeness (QED) is 0.232. The van der Waals surface area contributed by atoms with Crippen LogP contribution >= 0.6 is 0 Å². The van der Waals surface area contributed by atoms with Gasteiger partial charge in [0.2, 0.25) is 10.0 Å². The number of aromatic nitrogens is 4. The van der Waals surface area contributed by atoms with Gasteiger partial charge in [-0.05, 0) is 30.7 Å². The van der Waals surface area contributed by atoms with Crippen molar-refractivity contribution in [2.45, 2.75) is 13.3 Å². The summed E-state index contributed by atoms with van der Waals surface area (Å²) in [5, 5.41) is 9.87. The maximum atomic E-state index is 14.0. The molecule has 0 unspecified atom stereocenters. The third-order valence-electron chi connectivity index (χ3n) is 5.32. The lowest BCUT2D eigenvalue weighted by Crippen LogP contribution is -2.16. The Balaban J connectivity index is 1.67. The maximum absolute atomic E-state index is 14.0. The average molecular weight is 526 g/mol. The first-order chi connectivity index (χ1) is 17.8. The summed E-state index contributed by atoms with van der Waals surface area (Å²) in [7, 11) is -3.62. The molecule has 0 aliphatic heterocycles. The van der Waals surface area contributed by atoms with Crippen LogP contribution in [0.5, 0.6) is 5.75 Å². The van der Waals surface area contributed by atoms with E-state index in [2.05, 4.69) is 30.2 Å². The van der Waals surface area contributed by atoms with E-state index in [0.717, 1.165) is 0 Å². The van der Waals surface area contributed by atoms with Crippen LogP contribution in [0.1, 0.15) is 22.8 Å². The molecule has 0 spiro atoms. The van der Waals surface area contributed by atoms with Crippen molar-refractivity contribution < 1.29 is 22.3 Å². The molecule has 0 bridgehead atoms. The second-order valence-electron chi connectivity index (χ2n) is 7.81. The summed E-state index contributed by atoms with van der Waals surface area (Å²) in [5.74, 6) is -0.521. The Bertz CT molecular complexity index is 1510. The van der Waals surface area contributed by atoms with Crippen LogP contribution in [-0.4, -0.2) is 46.9 Å². The first-order valence-corrected chi connectivity index (χ1v) is 12.8. The molecular formula is C24H24FN7O4S. The summed E-state index contributed by atoms with van der Waals surface area (Å²) in [6, 6.07) is 10.9. The van der Waals surface area contributed by atoms with Gasteiger partial charge < -0.3 is 15.8 Å². The van der Waals surface area contributed by atoms with Crippen molar-refractivity contribution >= 4 is 33.3 Å². The summed E-state index contributed by atoms with van der Waals surface area (Å²) in [5.41, 5.74) is 6.99. The minimum Gasteiger partial charge on any atom is -0.491 e. The van der Waals surface area contributed by atoms with E-state index in [-0.39, 0.29) is 53.1 Å². The number of sulfonamides is 1. The number of ether oxygens (including phenoxy) is 1. The molecule has 4 rings (SSSR count). The van der Waals surface area contributed by atoms with Crippen LogP contribution < -0.4 is 20.5 Å². The molecule has 1 amide bonds. The zero-order valence-corrected chi connectivity index (χ0v) is 20.5. The number of carbonyl (C=O) groups excluding carboxylic acids is 1. The molecule has 2 heterocycles. The van der Waals surface area contributed by atoms with Crippen molar-refractivity contribution in [1.29, 1.82) is 0 Å². The average Bonchev–Trinajstić information content (AvgIpc) is 3.30. The normalized spacial score (nSPS) is 11.2. The number of nitrogens with two attached hydrogens (primary N) is 1. The summed E-state index contributed by atoms with van der Waals surface area (Å²) >= 11 is 0. The van der Waals surface area contributed by atoms with E-state index in [9.17, 15) is 17.6 Å². The number of benzene rings is 2. The number of anilines is 3. The number of hydrogen-bond acceptors (Lipinski definition) is 8. The van der Waals surface area contributed by atoms with Gasteiger partial charge in [0, 0.05) is 24.4 Å². The van der Waals surface area contributed by atoms with Gasteiger partial charge in [-0.15, -0.1) is 0 Å². The van der Waals surface area contributed by atoms with Gasteiger partial charge >= 0.3 is 0 Å². The van der Waals surface area contributed by atoms with Gasteiger partial charge in [-0.2, -0.15) is 5.10 Å². The molecule has 0 radical (unpaired) electrons. The fraction of sp³-hybridized carbons (Fsp3) is 0.167. The Labute approximate surface area is 212 Å². The molecule has 0 aliphatic carbocycles. The lowest BCUT2D eigenvalue weighted by Gasteiger charge is -2.15. The second-order valence-corrected chi connectivity index (χ2v) is 9.82. The number of halogens is 1. The molecule has 192 valence electrons. The first-order valence-electron chi connectivity index (χ1n) is 11.2. The zero-order valence-electron chi connectivity index (χ0n) is 19.7. The molecule has 0 fully saturated rings. The number of carbonyl (C=O) groups is 1. The molecule has 37 heavy (non-hydrogen) atoms. The van der Waals surface area contributed by atoms with Crippen LogP contribution in [0.4, 0.5) is 21.7 Å². The predicted molar refractivity (Wildman–Crippen MR) is 137 cm³/mol. The molecule has 0 aliphatic rings. The standard InChI is InChI=1S/C24H24FN7O4S/c1-2-37(34,35)32-18-8-7-16(13-19(18)36-12-9-15-5-3-4-6-17(15)25)22-21(23(26)33)24(31-30-22)29-20-14-27-10-11-28-20/h3-8,10-11,13-14,32H,2,9,12H2,1H3,(H2,26,33)(H2,28,29,30,31). The van der Waals surface area contributed by atoms with E-state index in [1.807, 2.05) is 0 Å². The summed E-state index contributed by atoms with van der Waals surface area (Å²) in [4.78, 5) is 20.4. The minimum absolute atomic E-state index is 0.0600. The molecule has 5 N–H and O–H groups in total. The van der Waals surface area contributed by atoms with Gasteiger partial charge in [-0.3, -0.25) is 19.6 Å². The van der Waals surface area contributed by atoms with E-state index in [4.69, 9.17) is 10.5 Å². The van der Waals surface area contributed by atoms with Crippen LogP contribution in [0.3, 0.4) is 0 Å². The number of aromatic amines is 1. The lowest BCUT2D eigenvalue weighted by molar-refractivity contribution is 0.100. The highest BCUT2D eigenvalue weighted by molar-refractivity contribution is 7.92. The van der Waals surface area contributed by atoms with Gasteiger partial charge in [0.25, 0.3) is 5.91 Å². The van der Waals surface area contributed by atoms with E-state index >= 15 is 0 Å². The van der Waals surface area contributed by atoms with Crippen molar-refractivity contribution in [1.82, 2.24) is 20.2 Å². The zero-order chi connectivity index (χ0) is 26.4. The number of nitrogens with one attached hydrogen (secondary N) is 3. The largest absolute Gasteiger partial charge is 0.491 e. The van der Waals surface area contributed by atoms with Crippen LogP contribution in [-0.2, 0) is 16.4 Å². The number of H-pyrrole nitrogens is 1. The Morgan fingerprint density at radius 3 is 2.70 bits per heavy atom. The number of primary amides is 1.